The van der Waals surface area contributed by atoms with Crippen LogP contribution in [0.4, 0.5) is 0 Å². The Kier molecular flexibility index (Phi) is 2.89. The zero-order valence-electron chi connectivity index (χ0n) is 9.86. The number of rotatable bonds is 3. The van der Waals surface area contributed by atoms with Gasteiger partial charge in [-0.1, -0.05) is 23.7 Å². The van der Waals surface area contributed by atoms with Crippen molar-refractivity contribution in [2.24, 2.45) is 11.1 Å². The molecule has 92 valence electrons. The van der Waals surface area contributed by atoms with Crippen molar-refractivity contribution in [3.8, 4) is 0 Å². The second-order valence-electron chi connectivity index (χ2n) is 5.40. The number of hydrogen-bond donors (Lipinski definition) is 1. The Morgan fingerprint density at radius 2 is 2.06 bits per heavy atom. The molecule has 0 spiro atoms. The summed E-state index contributed by atoms with van der Waals surface area (Å²) in [4.78, 5) is 0. The van der Waals surface area contributed by atoms with Crippen LogP contribution in [0.2, 0.25) is 5.02 Å². The molecule has 3 atom stereocenters. The Balaban J connectivity index is 1.80. The molecule has 0 radical (unpaired) electrons. The van der Waals surface area contributed by atoms with Crippen LogP contribution in [0.5, 0.6) is 0 Å². The lowest BCUT2D eigenvalue weighted by Gasteiger charge is -2.34. The molecule has 0 amide bonds. The molecule has 2 aliphatic rings. The third-order valence-electron chi connectivity index (χ3n) is 4.30. The van der Waals surface area contributed by atoms with Crippen LogP contribution in [0.25, 0.3) is 0 Å². The van der Waals surface area contributed by atoms with E-state index in [0.717, 1.165) is 24.4 Å². The van der Waals surface area contributed by atoms with Crippen molar-refractivity contribution in [3.63, 3.8) is 0 Å². The molecule has 3 heteroatoms. The van der Waals surface area contributed by atoms with Crippen LogP contribution in [0.15, 0.2) is 24.3 Å². The molecule has 2 nitrogen and oxygen atoms in total. The topological polar surface area (TPSA) is 35.2 Å². The molecule has 2 aliphatic heterocycles. The van der Waals surface area contributed by atoms with Crippen LogP contribution in [0.3, 0.4) is 0 Å². The van der Waals surface area contributed by atoms with Gasteiger partial charge in [0.05, 0.1) is 12.2 Å². The number of halogens is 1. The Hall–Kier alpha value is -0.570. The fraction of sp³-hybridized carbons (Fsp3) is 0.571. The summed E-state index contributed by atoms with van der Waals surface area (Å²) in [6.45, 7) is 0.719. The average molecular weight is 252 g/mol. The highest BCUT2D eigenvalue weighted by Gasteiger charge is 2.51. The summed E-state index contributed by atoms with van der Waals surface area (Å²) in [5.41, 5.74) is 7.51. The normalized spacial score (nSPS) is 35.4. The summed E-state index contributed by atoms with van der Waals surface area (Å²) in [6.07, 6.45) is 5.35. The van der Waals surface area contributed by atoms with Crippen molar-refractivity contribution in [2.45, 2.75) is 37.9 Å². The van der Waals surface area contributed by atoms with E-state index < -0.39 is 0 Å². The van der Waals surface area contributed by atoms with E-state index in [4.69, 9.17) is 22.1 Å². The molecule has 2 heterocycles. The third kappa shape index (κ3) is 1.99. The lowest BCUT2D eigenvalue weighted by atomic mass is 9.70. The molecule has 0 saturated carbocycles. The number of hydrogen-bond acceptors (Lipinski definition) is 2. The fourth-order valence-electron chi connectivity index (χ4n) is 3.37. The molecule has 0 aliphatic carbocycles. The average Bonchev–Trinajstić information content (AvgIpc) is 2.93. The van der Waals surface area contributed by atoms with Crippen molar-refractivity contribution in [1.82, 2.24) is 0 Å². The third-order valence-corrected chi connectivity index (χ3v) is 4.55. The molecule has 3 rings (SSSR count). The second kappa shape index (κ2) is 4.27. The lowest BCUT2D eigenvalue weighted by molar-refractivity contribution is 0.0636. The molecule has 2 N–H and O–H groups in total. The molecule has 1 aromatic carbocycles. The predicted molar refractivity (Wildman–Crippen MR) is 69.2 cm³/mol. The van der Waals surface area contributed by atoms with Crippen molar-refractivity contribution < 1.29 is 4.74 Å². The van der Waals surface area contributed by atoms with Crippen LogP contribution >= 0.6 is 11.6 Å². The molecule has 3 unspecified atom stereocenters. The zero-order chi connectivity index (χ0) is 11.9. The van der Waals surface area contributed by atoms with Crippen molar-refractivity contribution >= 4 is 11.6 Å². The van der Waals surface area contributed by atoms with E-state index in [9.17, 15) is 0 Å². The van der Waals surface area contributed by atoms with Gasteiger partial charge >= 0.3 is 0 Å². The van der Waals surface area contributed by atoms with E-state index >= 15 is 0 Å². The lowest BCUT2D eigenvalue weighted by Crippen LogP contribution is -2.41. The van der Waals surface area contributed by atoms with Crippen LogP contribution in [0, 0.1) is 5.41 Å². The molecule has 2 bridgehead atoms. The largest absolute Gasteiger partial charge is 0.374 e. The maximum Gasteiger partial charge on any atom is 0.0652 e. The number of fused-ring (bicyclic) bond motifs is 2. The minimum atomic E-state index is 0.163. The van der Waals surface area contributed by atoms with Gasteiger partial charge in [0.15, 0.2) is 0 Å². The molecule has 2 saturated heterocycles. The first-order valence-corrected chi connectivity index (χ1v) is 6.70. The summed E-state index contributed by atoms with van der Waals surface area (Å²) in [5, 5.41) is 0.791. The minimum Gasteiger partial charge on any atom is -0.374 e. The van der Waals surface area contributed by atoms with Gasteiger partial charge < -0.3 is 10.5 Å². The SMILES string of the molecule is NCC1(Cc2ccc(Cl)cc2)CC2CCC1O2. The summed E-state index contributed by atoms with van der Waals surface area (Å²) >= 11 is 5.91. The molecule has 0 aromatic heterocycles. The van der Waals surface area contributed by atoms with Gasteiger partial charge in [-0.15, -0.1) is 0 Å². The summed E-state index contributed by atoms with van der Waals surface area (Å²) < 4.78 is 5.97. The quantitative estimate of drug-likeness (QED) is 0.897. The summed E-state index contributed by atoms with van der Waals surface area (Å²) in [7, 11) is 0. The van der Waals surface area contributed by atoms with Gasteiger partial charge in [-0.3, -0.25) is 0 Å². The van der Waals surface area contributed by atoms with E-state index in [0.29, 0.717) is 12.2 Å². The Morgan fingerprint density at radius 1 is 1.29 bits per heavy atom. The van der Waals surface area contributed by atoms with Gasteiger partial charge in [0, 0.05) is 17.0 Å². The smallest absolute Gasteiger partial charge is 0.0652 e. The van der Waals surface area contributed by atoms with E-state index in [1.807, 2.05) is 12.1 Å². The molecule has 2 fully saturated rings. The minimum absolute atomic E-state index is 0.163. The molecular weight excluding hydrogens is 234 g/mol. The van der Waals surface area contributed by atoms with Crippen LogP contribution < -0.4 is 5.73 Å². The fourth-order valence-corrected chi connectivity index (χ4v) is 3.50. The van der Waals surface area contributed by atoms with Crippen molar-refractivity contribution in [2.75, 3.05) is 6.54 Å². The van der Waals surface area contributed by atoms with Gasteiger partial charge in [-0.2, -0.15) is 0 Å². The van der Waals surface area contributed by atoms with E-state index in [-0.39, 0.29) is 5.41 Å². The van der Waals surface area contributed by atoms with Gasteiger partial charge in [-0.05, 0) is 43.4 Å². The first kappa shape index (κ1) is 11.5. The van der Waals surface area contributed by atoms with E-state index in [1.165, 1.54) is 18.4 Å². The van der Waals surface area contributed by atoms with Crippen molar-refractivity contribution in [1.29, 1.82) is 0 Å². The Morgan fingerprint density at radius 3 is 2.59 bits per heavy atom. The predicted octanol–water partition coefficient (Wildman–Crippen LogP) is 2.78. The number of benzene rings is 1. The molecular formula is C14H18ClNO. The summed E-state index contributed by atoms with van der Waals surface area (Å²) in [5.74, 6) is 0. The first-order chi connectivity index (χ1) is 8.22. The maximum absolute atomic E-state index is 6.03. The van der Waals surface area contributed by atoms with Crippen LogP contribution in [0.1, 0.15) is 24.8 Å². The highest BCUT2D eigenvalue weighted by molar-refractivity contribution is 6.30. The monoisotopic (exact) mass is 251 g/mol. The maximum atomic E-state index is 6.03. The molecule has 17 heavy (non-hydrogen) atoms. The van der Waals surface area contributed by atoms with E-state index in [1.54, 1.807) is 0 Å². The molecule has 1 aromatic rings. The summed E-state index contributed by atoms with van der Waals surface area (Å²) in [6, 6.07) is 8.11. The van der Waals surface area contributed by atoms with E-state index in [2.05, 4.69) is 12.1 Å². The van der Waals surface area contributed by atoms with Crippen LogP contribution in [-0.2, 0) is 11.2 Å². The number of nitrogens with two attached hydrogens (primary N) is 1. The Labute approximate surface area is 107 Å². The highest BCUT2D eigenvalue weighted by atomic mass is 35.5. The first-order valence-electron chi connectivity index (χ1n) is 6.32. The van der Waals surface area contributed by atoms with Gasteiger partial charge in [0.1, 0.15) is 0 Å². The number of ether oxygens (including phenoxy) is 1. The zero-order valence-corrected chi connectivity index (χ0v) is 10.6. The van der Waals surface area contributed by atoms with Crippen molar-refractivity contribution in [3.05, 3.63) is 34.9 Å². The Bertz CT molecular complexity index is 405. The highest BCUT2D eigenvalue weighted by Crippen LogP contribution is 2.48. The standard InChI is InChI=1S/C14H18ClNO/c15-11-3-1-10(2-4-11)7-14(9-16)8-12-5-6-13(14)17-12/h1-4,12-13H,5-9,16H2. The van der Waals surface area contributed by atoms with Gasteiger partial charge in [0.2, 0.25) is 0 Å². The second-order valence-corrected chi connectivity index (χ2v) is 5.83. The van der Waals surface area contributed by atoms with Crippen LogP contribution in [-0.4, -0.2) is 18.8 Å². The van der Waals surface area contributed by atoms with Gasteiger partial charge in [-0.25, -0.2) is 0 Å². The van der Waals surface area contributed by atoms with Gasteiger partial charge in [0.25, 0.3) is 0 Å².